The number of aryl methyl sites for hydroxylation is 2. The van der Waals surface area contributed by atoms with Crippen LogP contribution in [-0.2, 0) is 18.2 Å². The minimum Gasteiger partial charge on any atom is -0.377 e. The highest BCUT2D eigenvalue weighted by molar-refractivity contribution is 6.31. The molecular formula is C14H26ClN3O. The molecule has 0 saturated carbocycles. The third kappa shape index (κ3) is 3.12. The van der Waals surface area contributed by atoms with Crippen molar-refractivity contribution in [3.8, 4) is 0 Å². The topological polar surface area (TPSA) is 39.1 Å². The molecule has 1 unspecified atom stereocenters. The van der Waals surface area contributed by atoms with Crippen molar-refractivity contribution in [3.05, 3.63) is 16.4 Å². The van der Waals surface area contributed by atoms with Crippen LogP contribution in [0.2, 0.25) is 5.02 Å². The smallest absolute Gasteiger partial charge is 0.0847 e. The van der Waals surface area contributed by atoms with Crippen LogP contribution >= 0.6 is 11.6 Å². The minimum absolute atomic E-state index is 0.170. The number of rotatable bonds is 7. The van der Waals surface area contributed by atoms with Crippen LogP contribution in [0.5, 0.6) is 0 Å². The number of halogens is 1. The third-order valence-electron chi connectivity index (χ3n) is 4.25. The number of hydrogen-bond acceptors (Lipinski definition) is 3. The molecule has 1 heterocycles. The molecule has 1 N–H and O–H groups in total. The zero-order chi connectivity index (χ0) is 14.6. The third-order valence-corrected chi connectivity index (χ3v) is 4.74. The lowest BCUT2D eigenvalue weighted by Gasteiger charge is -2.38. The Labute approximate surface area is 121 Å². The fraction of sp³-hybridized carbons (Fsp3) is 0.786. The molecular weight excluding hydrogens is 262 g/mol. The molecule has 0 aliphatic carbocycles. The van der Waals surface area contributed by atoms with E-state index in [9.17, 15) is 0 Å². The monoisotopic (exact) mass is 287 g/mol. The summed E-state index contributed by atoms with van der Waals surface area (Å²) in [6.07, 6.45) is 2.72. The van der Waals surface area contributed by atoms with Gasteiger partial charge in [-0.2, -0.15) is 5.10 Å². The maximum absolute atomic E-state index is 6.34. The van der Waals surface area contributed by atoms with Gasteiger partial charge in [0.2, 0.25) is 0 Å². The summed E-state index contributed by atoms with van der Waals surface area (Å²) in [5.74, 6) is 0. The molecule has 0 radical (unpaired) electrons. The number of likely N-dealkylation sites (N-methyl/N-ethyl adjacent to an activating group) is 1. The molecule has 4 nitrogen and oxygen atoms in total. The van der Waals surface area contributed by atoms with Gasteiger partial charge in [-0.05, 0) is 26.8 Å². The zero-order valence-corrected chi connectivity index (χ0v) is 13.6. The number of nitrogens with zero attached hydrogens (tertiary/aromatic N) is 2. The fourth-order valence-corrected chi connectivity index (χ4v) is 3.06. The molecule has 110 valence electrons. The van der Waals surface area contributed by atoms with E-state index in [2.05, 4.69) is 24.3 Å². The second kappa shape index (κ2) is 6.73. The Balaban J connectivity index is 3.05. The molecule has 0 spiro atoms. The summed E-state index contributed by atoms with van der Waals surface area (Å²) in [6, 6.07) is 0.208. The first-order valence-corrected chi connectivity index (χ1v) is 7.23. The Morgan fingerprint density at radius 1 is 1.42 bits per heavy atom. The molecule has 1 aromatic heterocycles. The summed E-state index contributed by atoms with van der Waals surface area (Å²) < 4.78 is 7.68. The van der Waals surface area contributed by atoms with Crippen LogP contribution in [-0.4, -0.2) is 35.6 Å². The van der Waals surface area contributed by atoms with Gasteiger partial charge in [0.15, 0.2) is 0 Å². The van der Waals surface area contributed by atoms with Gasteiger partial charge in [0.1, 0.15) is 0 Å². The first-order valence-electron chi connectivity index (χ1n) is 6.86. The van der Waals surface area contributed by atoms with E-state index < -0.39 is 0 Å². The van der Waals surface area contributed by atoms with Gasteiger partial charge < -0.3 is 10.1 Å². The van der Waals surface area contributed by atoms with E-state index in [4.69, 9.17) is 16.3 Å². The van der Waals surface area contributed by atoms with Crippen LogP contribution in [0.25, 0.3) is 0 Å². The van der Waals surface area contributed by atoms with E-state index in [1.807, 2.05) is 25.7 Å². The lowest BCUT2D eigenvalue weighted by atomic mass is 9.85. The number of hydrogen-bond donors (Lipinski definition) is 1. The molecule has 5 heteroatoms. The van der Waals surface area contributed by atoms with Gasteiger partial charge in [-0.15, -0.1) is 0 Å². The molecule has 0 aliphatic rings. The van der Waals surface area contributed by atoms with Crippen molar-refractivity contribution in [1.82, 2.24) is 15.1 Å². The molecule has 1 atom stereocenters. The SMILES string of the molecule is CCC(CC)(OC)C(Cc1c(Cl)c(C)nn1C)NC. The molecule has 0 saturated heterocycles. The first kappa shape index (κ1) is 16.5. The second-order valence-corrected chi connectivity index (χ2v) is 5.37. The van der Waals surface area contributed by atoms with Crippen molar-refractivity contribution in [1.29, 1.82) is 0 Å². The first-order chi connectivity index (χ1) is 8.95. The van der Waals surface area contributed by atoms with Gasteiger partial charge >= 0.3 is 0 Å². The Hall–Kier alpha value is -0.580. The van der Waals surface area contributed by atoms with Crippen molar-refractivity contribution in [2.24, 2.45) is 7.05 Å². The predicted molar refractivity (Wildman–Crippen MR) is 79.8 cm³/mol. The Morgan fingerprint density at radius 3 is 2.32 bits per heavy atom. The largest absolute Gasteiger partial charge is 0.377 e. The van der Waals surface area contributed by atoms with Gasteiger partial charge in [-0.3, -0.25) is 4.68 Å². The predicted octanol–water partition coefficient (Wildman–Crippen LogP) is 2.72. The minimum atomic E-state index is -0.170. The van der Waals surface area contributed by atoms with Crippen LogP contribution in [0, 0.1) is 6.92 Å². The van der Waals surface area contributed by atoms with Crippen molar-refractivity contribution in [2.75, 3.05) is 14.2 Å². The molecule has 0 aliphatic heterocycles. The highest BCUT2D eigenvalue weighted by Gasteiger charge is 2.36. The summed E-state index contributed by atoms with van der Waals surface area (Å²) in [4.78, 5) is 0. The van der Waals surface area contributed by atoms with E-state index in [0.29, 0.717) is 0 Å². The second-order valence-electron chi connectivity index (χ2n) is 4.99. The lowest BCUT2D eigenvalue weighted by molar-refractivity contribution is -0.0458. The van der Waals surface area contributed by atoms with E-state index in [-0.39, 0.29) is 11.6 Å². The zero-order valence-electron chi connectivity index (χ0n) is 12.9. The maximum atomic E-state index is 6.34. The maximum Gasteiger partial charge on any atom is 0.0847 e. The van der Waals surface area contributed by atoms with E-state index in [0.717, 1.165) is 35.7 Å². The van der Waals surface area contributed by atoms with Gasteiger partial charge in [-0.1, -0.05) is 25.4 Å². The molecule has 0 fully saturated rings. The van der Waals surface area contributed by atoms with Crippen molar-refractivity contribution >= 4 is 11.6 Å². The van der Waals surface area contributed by atoms with E-state index in [1.54, 1.807) is 7.11 Å². The average molecular weight is 288 g/mol. The number of nitrogens with one attached hydrogen (secondary N) is 1. The van der Waals surface area contributed by atoms with Crippen molar-refractivity contribution in [2.45, 2.75) is 51.7 Å². The molecule has 0 bridgehead atoms. The number of ether oxygens (including phenoxy) is 1. The molecule has 19 heavy (non-hydrogen) atoms. The van der Waals surface area contributed by atoms with Gasteiger partial charge in [0, 0.05) is 26.6 Å². The van der Waals surface area contributed by atoms with Crippen LogP contribution in [0.3, 0.4) is 0 Å². The Morgan fingerprint density at radius 2 is 2.00 bits per heavy atom. The quantitative estimate of drug-likeness (QED) is 0.838. The van der Waals surface area contributed by atoms with Gasteiger partial charge in [-0.25, -0.2) is 0 Å². The Kier molecular flexibility index (Phi) is 5.83. The van der Waals surface area contributed by atoms with Crippen LogP contribution in [0.15, 0.2) is 0 Å². The molecule has 0 amide bonds. The summed E-state index contributed by atoms with van der Waals surface area (Å²) in [5, 5.41) is 8.52. The van der Waals surface area contributed by atoms with E-state index in [1.165, 1.54) is 0 Å². The van der Waals surface area contributed by atoms with Crippen molar-refractivity contribution in [3.63, 3.8) is 0 Å². The summed E-state index contributed by atoms with van der Waals surface area (Å²) in [6.45, 7) is 6.25. The van der Waals surface area contributed by atoms with Crippen LogP contribution in [0.1, 0.15) is 38.1 Å². The summed E-state index contributed by atoms with van der Waals surface area (Å²) in [5.41, 5.74) is 1.77. The van der Waals surface area contributed by atoms with Crippen LogP contribution in [0.4, 0.5) is 0 Å². The summed E-state index contributed by atoms with van der Waals surface area (Å²) >= 11 is 6.34. The number of aromatic nitrogens is 2. The molecule has 1 rings (SSSR count). The molecule has 1 aromatic rings. The lowest BCUT2D eigenvalue weighted by Crippen LogP contribution is -2.51. The van der Waals surface area contributed by atoms with Gasteiger partial charge in [0.25, 0.3) is 0 Å². The number of methoxy groups -OCH3 is 1. The summed E-state index contributed by atoms with van der Waals surface area (Å²) in [7, 11) is 5.70. The normalized spacial score (nSPS) is 13.8. The standard InChI is InChI=1S/C14H26ClN3O/c1-7-14(8-2,19-6)12(16-4)9-11-13(15)10(3)17-18(11)5/h12,16H,7-9H2,1-6H3. The van der Waals surface area contributed by atoms with Gasteiger partial charge in [0.05, 0.1) is 22.0 Å². The van der Waals surface area contributed by atoms with Crippen LogP contribution < -0.4 is 5.32 Å². The Bertz CT molecular complexity index is 405. The highest BCUT2D eigenvalue weighted by atomic mass is 35.5. The molecule has 0 aromatic carbocycles. The van der Waals surface area contributed by atoms with E-state index >= 15 is 0 Å². The van der Waals surface area contributed by atoms with Crippen molar-refractivity contribution < 1.29 is 4.74 Å². The highest BCUT2D eigenvalue weighted by Crippen LogP contribution is 2.29. The fourth-order valence-electron chi connectivity index (χ4n) is 2.82. The average Bonchev–Trinajstić information content (AvgIpc) is 2.65.